The Morgan fingerprint density at radius 2 is 2.12 bits per heavy atom. The average Bonchev–Trinajstić information content (AvgIpc) is 2.53. The topological polar surface area (TPSA) is 38.7 Å². The number of hydrogen-bond donors (Lipinski definition) is 1. The van der Waals surface area contributed by atoms with Crippen LogP contribution in [-0.2, 0) is 0 Å². The molecule has 0 saturated carbocycles. The molecule has 0 amide bonds. The van der Waals surface area contributed by atoms with E-state index in [0.717, 1.165) is 6.42 Å². The second-order valence-corrected chi connectivity index (χ2v) is 3.86. The Morgan fingerprint density at radius 1 is 1.38 bits per heavy atom. The highest BCUT2D eigenvalue weighted by molar-refractivity contribution is 6.32. The maximum absolute atomic E-state index is 9.53. The van der Waals surface area contributed by atoms with Crippen LogP contribution in [0.25, 0.3) is 0 Å². The normalized spacial score (nSPS) is 16.1. The van der Waals surface area contributed by atoms with Gasteiger partial charge in [0.1, 0.15) is 6.10 Å². The number of fused-ring (bicyclic) bond motifs is 1. The van der Waals surface area contributed by atoms with E-state index in [9.17, 15) is 5.11 Å². The Morgan fingerprint density at radius 3 is 2.88 bits per heavy atom. The van der Waals surface area contributed by atoms with Gasteiger partial charge in [-0.1, -0.05) is 17.5 Å². The van der Waals surface area contributed by atoms with Gasteiger partial charge in [0.05, 0.1) is 18.2 Å². The van der Waals surface area contributed by atoms with Gasteiger partial charge in [0, 0.05) is 6.42 Å². The van der Waals surface area contributed by atoms with E-state index in [-0.39, 0.29) is 0 Å². The maximum atomic E-state index is 9.53. The number of terminal acetylenes is 1. The van der Waals surface area contributed by atoms with Crippen molar-refractivity contribution in [3.05, 3.63) is 22.7 Å². The lowest BCUT2D eigenvalue weighted by Crippen LogP contribution is -1.98. The molecule has 16 heavy (non-hydrogen) atoms. The Bertz CT molecular complexity index is 437. The van der Waals surface area contributed by atoms with E-state index < -0.39 is 6.10 Å². The Kier molecular flexibility index (Phi) is 3.23. The van der Waals surface area contributed by atoms with Crippen molar-refractivity contribution in [1.29, 1.82) is 0 Å². The molecular formula is C12H11ClO3. The molecule has 0 fully saturated rings. The first-order valence-corrected chi connectivity index (χ1v) is 5.33. The quantitative estimate of drug-likeness (QED) is 0.762. The van der Waals surface area contributed by atoms with E-state index in [0.29, 0.717) is 35.3 Å². The van der Waals surface area contributed by atoms with E-state index in [1.165, 1.54) is 0 Å². The van der Waals surface area contributed by atoms with E-state index in [1.54, 1.807) is 12.1 Å². The Labute approximate surface area is 98.9 Å². The van der Waals surface area contributed by atoms with Crippen LogP contribution in [-0.4, -0.2) is 18.3 Å². The minimum Gasteiger partial charge on any atom is -0.489 e. The Hall–Kier alpha value is -1.37. The smallest absolute Gasteiger partial charge is 0.179 e. The second-order valence-electron chi connectivity index (χ2n) is 3.45. The van der Waals surface area contributed by atoms with Gasteiger partial charge in [-0.15, -0.1) is 6.42 Å². The van der Waals surface area contributed by atoms with Gasteiger partial charge in [-0.2, -0.15) is 0 Å². The molecule has 84 valence electrons. The van der Waals surface area contributed by atoms with Crippen LogP contribution in [0.4, 0.5) is 0 Å². The van der Waals surface area contributed by atoms with E-state index in [1.807, 2.05) is 0 Å². The monoisotopic (exact) mass is 238 g/mol. The highest BCUT2D eigenvalue weighted by Gasteiger charge is 2.17. The lowest BCUT2D eigenvalue weighted by atomic mass is 10.1. The third kappa shape index (κ3) is 2.08. The van der Waals surface area contributed by atoms with Gasteiger partial charge in [-0.25, -0.2) is 0 Å². The van der Waals surface area contributed by atoms with Crippen LogP contribution >= 0.6 is 11.6 Å². The fourth-order valence-electron chi connectivity index (χ4n) is 1.50. The second kappa shape index (κ2) is 4.65. The third-order valence-corrected chi connectivity index (χ3v) is 2.58. The lowest BCUT2D eigenvalue weighted by Gasteiger charge is -2.12. The first-order valence-electron chi connectivity index (χ1n) is 4.95. The van der Waals surface area contributed by atoms with Crippen LogP contribution in [0.15, 0.2) is 12.1 Å². The summed E-state index contributed by atoms with van der Waals surface area (Å²) in [4.78, 5) is 0. The molecule has 0 spiro atoms. The fraction of sp³-hybridized carbons (Fsp3) is 0.333. The first kappa shape index (κ1) is 11.1. The molecule has 1 aromatic carbocycles. The summed E-state index contributed by atoms with van der Waals surface area (Å²) in [5.41, 5.74) is 0.539. The van der Waals surface area contributed by atoms with Gasteiger partial charge in [0.15, 0.2) is 11.5 Å². The molecule has 1 aliphatic heterocycles. The van der Waals surface area contributed by atoms with E-state index >= 15 is 0 Å². The molecule has 0 radical (unpaired) electrons. The number of ether oxygens (including phenoxy) is 2. The molecule has 3 nitrogen and oxygen atoms in total. The van der Waals surface area contributed by atoms with Crippen molar-refractivity contribution in [1.82, 2.24) is 0 Å². The fourth-order valence-corrected chi connectivity index (χ4v) is 1.78. The third-order valence-electron chi connectivity index (χ3n) is 2.30. The molecule has 1 heterocycles. The summed E-state index contributed by atoms with van der Waals surface area (Å²) in [7, 11) is 0. The summed E-state index contributed by atoms with van der Waals surface area (Å²) in [5, 5.41) is 9.94. The van der Waals surface area contributed by atoms with Crippen molar-refractivity contribution in [2.75, 3.05) is 13.2 Å². The van der Waals surface area contributed by atoms with Gasteiger partial charge in [-0.05, 0) is 17.7 Å². The molecule has 0 aromatic heterocycles. The number of halogens is 1. The molecule has 1 aromatic rings. The number of aliphatic hydroxyl groups excluding tert-OH is 1. The van der Waals surface area contributed by atoms with Gasteiger partial charge in [0.2, 0.25) is 0 Å². The zero-order chi connectivity index (χ0) is 11.5. The predicted octanol–water partition coefficient (Wildman–Crippen LogP) is 2.17. The van der Waals surface area contributed by atoms with Crippen LogP contribution in [0.5, 0.6) is 11.5 Å². The van der Waals surface area contributed by atoms with E-state index in [2.05, 4.69) is 5.92 Å². The molecular weight excluding hydrogens is 228 g/mol. The van der Waals surface area contributed by atoms with Crippen LogP contribution < -0.4 is 9.47 Å². The summed E-state index contributed by atoms with van der Waals surface area (Å²) in [5.74, 6) is 3.29. The summed E-state index contributed by atoms with van der Waals surface area (Å²) < 4.78 is 10.9. The number of rotatable bonds is 1. The zero-order valence-corrected chi connectivity index (χ0v) is 9.33. The molecule has 1 aliphatic rings. The molecule has 4 heteroatoms. The minimum absolute atomic E-state index is 0.406. The largest absolute Gasteiger partial charge is 0.489 e. The lowest BCUT2D eigenvalue weighted by molar-refractivity contribution is 0.237. The minimum atomic E-state index is -0.977. The van der Waals surface area contributed by atoms with Gasteiger partial charge in [0.25, 0.3) is 0 Å². The highest BCUT2D eigenvalue weighted by Crippen LogP contribution is 2.39. The van der Waals surface area contributed by atoms with Crippen molar-refractivity contribution in [3.63, 3.8) is 0 Å². The SMILES string of the molecule is C#CC(O)c1cc(Cl)c2c(c1)OCCCO2. The molecule has 1 unspecified atom stereocenters. The van der Waals surface area contributed by atoms with Crippen molar-refractivity contribution in [2.24, 2.45) is 0 Å². The van der Waals surface area contributed by atoms with Crippen LogP contribution in [0, 0.1) is 12.3 Å². The molecule has 0 aliphatic carbocycles. The molecule has 1 atom stereocenters. The first-order chi connectivity index (χ1) is 7.72. The van der Waals surface area contributed by atoms with Gasteiger partial charge < -0.3 is 14.6 Å². The molecule has 0 bridgehead atoms. The van der Waals surface area contributed by atoms with Crippen molar-refractivity contribution in [2.45, 2.75) is 12.5 Å². The van der Waals surface area contributed by atoms with Crippen LogP contribution in [0.3, 0.4) is 0 Å². The van der Waals surface area contributed by atoms with Crippen molar-refractivity contribution in [3.8, 4) is 23.8 Å². The Balaban J connectivity index is 2.44. The average molecular weight is 239 g/mol. The standard InChI is InChI=1S/C12H11ClO3/c1-2-10(14)8-6-9(13)12-11(7-8)15-4-3-5-16-12/h1,6-7,10,14H,3-5H2. The number of hydrogen-bond acceptors (Lipinski definition) is 3. The summed E-state index contributed by atoms with van der Waals surface area (Å²) in [6, 6.07) is 3.26. The maximum Gasteiger partial charge on any atom is 0.179 e. The molecule has 1 N–H and O–H groups in total. The van der Waals surface area contributed by atoms with Crippen LogP contribution in [0.1, 0.15) is 18.1 Å². The highest BCUT2D eigenvalue weighted by atomic mass is 35.5. The molecule has 2 rings (SSSR count). The number of aliphatic hydroxyl groups is 1. The van der Waals surface area contributed by atoms with Gasteiger partial charge in [-0.3, -0.25) is 0 Å². The van der Waals surface area contributed by atoms with E-state index in [4.69, 9.17) is 27.5 Å². The summed E-state index contributed by atoms with van der Waals surface area (Å²) in [6.45, 7) is 1.14. The molecule has 0 saturated heterocycles. The number of benzene rings is 1. The zero-order valence-electron chi connectivity index (χ0n) is 8.57. The van der Waals surface area contributed by atoms with Gasteiger partial charge >= 0.3 is 0 Å². The summed E-state index contributed by atoms with van der Waals surface area (Å²) >= 11 is 6.04. The van der Waals surface area contributed by atoms with Crippen LogP contribution in [0.2, 0.25) is 5.02 Å². The summed E-state index contributed by atoms with van der Waals surface area (Å²) in [6.07, 6.45) is 4.97. The predicted molar refractivity (Wildman–Crippen MR) is 60.9 cm³/mol. The van der Waals surface area contributed by atoms with Crippen molar-refractivity contribution >= 4 is 11.6 Å². The van der Waals surface area contributed by atoms with Crippen molar-refractivity contribution < 1.29 is 14.6 Å².